The lowest BCUT2D eigenvalue weighted by Crippen LogP contribution is -2.35. The number of hydrogen-bond donors (Lipinski definition) is 0. The lowest BCUT2D eigenvalue weighted by Gasteiger charge is -2.23. The zero-order valence-corrected chi connectivity index (χ0v) is 16.2. The Bertz CT molecular complexity index is 795. The van der Waals surface area contributed by atoms with Crippen molar-refractivity contribution in [3.05, 3.63) is 65.4 Å². The van der Waals surface area contributed by atoms with Gasteiger partial charge >= 0.3 is 0 Å². The number of likely N-dealkylation sites (N-methyl/N-ethyl adjacent to an activating group) is 1. The van der Waals surface area contributed by atoms with E-state index in [0.717, 1.165) is 17.9 Å². The second-order valence-corrected chi connectivity index (χ2v) is 7.58. The minimum Gasteiger partial charge on any atom is -0.461 e. The Balaban J connectivity index is 1.65. The van der Waals surface area contributed by atoms with Crippen LogP contribution in [-0.4, -0.2) is 42.9 Å². The van der Waals surface area contributed by atoms with Crippen LogP contribution in [0.4, 0.5) is 4.39 Å². The first kappa shape index (κ1) is 19.4. The van der Waals surface area contributed by atoms with Crippen LogP contribution in [0.3, 0.4) is 0 Å². The minimum atomic E-state index is -0.275. The Morgan fingerprint density at radius 1 is 1.19 bits per heavy atom. The summed E-state index contributed by atoms with van der Waals surface area (Å²) in [5.41, 5.74) is 0.903. The summed E-state index contributed by atoms with van der Waals surface area (Å²) in [4.78, 5) is 16.5. The highest BCUT2D eigenvalue weighted by Gasteiger charge is 2.36. The van der Waals surface area contributed by atoms with Crippen molar-refractivity contribution < 1.29 is 13.6 Å². The average Bonchev–Trinajstić information content (AvgIpc) is 3.18. The maximum absolute atomic E-state index is 13.1. The fourth-order valence-corrected chi connectivity index (χ4v) is 3.03. The molecular weight excluding hydrogens is 343 g/mol. The molecule has 2 aromatic rings. The Kier molecular flexibility index (Phi) is 6.11. The normalized spacial score (nSPS) is 19.0. The molecule has 1 aliphatic carbocycles. The molecule has 0 radical (unpaired) electrons. The fraction of sp³-hybridized carbons (Fsp3) is 0.409. The van der Waals surface area contributed by atoms with Crippen LogP contribution in [-0.2, 0) is 11.3 Å². The zero-order chi connectivity index (χ0) is 19.4. The summed E-state index contributed by atoms with van der Waals surface area (Å²) in [7, 11) is 3.94. The third kappa shape index (κ3) is 5.54. The molecule has 0 saturated heterocycles. The van der Waals surface area contributed by atoms with Gasteiger partial charge in [0.2, 0.25) is 5.91 Å². The molecule has 5 heteroatoms. The van der Waals surface area contributed by atoms with Crippen LogP contribution < -0.4 is 0 Å². The summed E-state index contributed by atoms with van der Waals surface area (Å²) >= 11 is 0. The van der Waals surface area contributed by atoms with Crippen molar-refractivity contribution in [1.29, 1.82) is 0 Å². The lowest BCUT2D eigenvalue weighted by molar-refractivity contribution is -0.126. The predicted molar refractivity (Wildman–Crippen MR) is 105 cm³/mol. The van der Waals surface area contributed by atoms with Gasteiger partial charge in [-0.05, 0) is 62.3 Å². The number of carbonyl (C=O) groups excluding carboxylic acids is 1. The minimum absolute atomic E-state index is 0.0843. The van der Waals surface area contributed by atoms with E-state index in [1.54, 1.807) is 29.2 Å². The van der Waals surface area contributed by atoms with Gasteiger partial charge in [-0.2, -0.15) is 0 Å². The smallest absolute Gasteiger partial charge is 0.247 e. The van der Waals surface area contributed by atoms with Crippen LogP contribution in [0.15, 0.2) is 46.9 Å². The van der Waals surface area contributed by atoms with Gasteiger partial charge in [-0.25, -0.2) is 4.39 Å². The maximum atomic E-state index is 13.1. The highest BCUT2D eigenvalue weighted by Crippen LogP contribution is 2.47. The van der Waals surface area contributed by atoms with Crippen molar-refractivity contribution in [3.63, 3.8) is 0 Å². The molecule has 27 heavy (non-hydrogen) atoms. The Morgan fingerprint density at radius 2 is 1.89 bits per heavy atom. The number of amides is 1. The van der Waals surface area contributed by atoms with E-state index in [-0.39, 0.29) is 11.7 Å². The third-order valence-corrected chi connectivity index (χ3v) is 4.93. The van der Waals surface area contributed by atoms with Crippen LogP contribution in [0.25, 0.3) is 6.08 Å². The molecule has 1 heterocycles. The number of nitrogens with zero attached hydrogens (tertiary/aromatic N) is 2. The van der Waals surface area contributed by atoms with Crippen molar-refractivity contribution in [3.8, 4) is 0 Å². The predicted octanol–water partition coefficient (Wildman–Crippen LogP) is 4.15. The van der Waals surface area contributed by atoms with Gasteiger partial charge in [-0.1, -0.05) is 19.1 Å². The average molecular weight is 370 g/mol. The second-order valence-electron chi connectivity index (χ2n) is 7.58. The summed E-state index contributed by atoms with van der Waals surface area (Å²) in [5, 5.41) is 0. The standard InChI is InChI=1S/C22H27FN2O2/c1-16-14-20(16)21-10-8-19(27-21)9-11-22(26)25(13-12-24(2)3)15-17-4-6-18(23)7-5-17/h4-11,16,20H,12-15H2,1-3H3. The molecule has 2 atom stereocenters. The summed E-state index contributed by atoms with van der Waals surface area (Å²) in [6, 6.07) is 10.2. The molecule has 1 amide bonds. The van der Waals surface area contributed by atoms with Crippen molar-refractivity contribution in [2.24, 2.45) is 5.92 Å². The number of carbonyl (C=O) groups is 1. The van der Waals surface area contributed by atoms with Gasteiger partial charge in [0.1, 0.15) is 17.3 Å². The first-order valence-corrected chi connectivity index (χ1v) is 9.38. The van der Waals surface area contributed by atoms with E-state index in [1.807, 2.05) is 31.1 Å². The second kappa shape index (κ2) is 8.53. The third-order valence-electron chi connectivity index (χ3n) is 4.93. The first-order chi connectivity index (χ1) is 12.9. The van der Waals surface area contributed by atoms with E-state index in [9.17, 15) is 9.18 Å². The van der Waals surface area contributed by atoms with Crippen LogP contribution in [0.5, 0.6) is 0 Å². The largest absolute Gasteiger partial charge is 0.461 e. The number of benzene rings is 1. The molecule has 2 unspecified atom stereocenters. The monoisotopic (exact) mass is 370 g/mol. The van der Waals surface area contributed by atoms with E-state index in [1.165, 1.54) is 18.6 Å². The lowest BCUT2D eigenvalue weighted by atomic mass is 10.2. The van der Waals surface area contributed by atoms with E-state index in [0.29, 0.717) is 30.7 Å². The van der Waals surface area contributed by atoms with Crippen molar-refractivity contribution in [2.75, 3.05) is 27.2 Å². The van der Waals surface area contributed by atoms with Gasteiger partial charge in [0.15, 0.2) is 0 Å². The molecule has 1 fully saturated rings. The molecular formula is C22H27FN2O2. The quantitative estimate of drug-likeness (QED) is 0.655. The van der Waals surface area contributed by atoms with Crippen molar-refractivity contribution in [1.82, 2.24) is 9.80 Å². The molecule has 0 bridgehead atoms. The molecule has 1 aromatic heterocycles. The van der Waals surface area contributed by atoms with Gasteiger partial charge in [-0.15, -0.1) is 0 Å². The van der Waals surface area contributed by atoms with Gasteiger partial charge < -0.3 is 14.2 Å². The van der Waals surface area contributed by atoms with E-state index in [4.69, 9.17) is 4.42 Å². The molecule has 0 aliphatic heterocycles. The van der Waals surface area contributed by atoms with Crippen LogP contribution in [0, 0.1) is 11.7 Å². The van der Waals surface area contributed by atoms with Gasteiger partial charge in [0.05, 0.1) is 0 Å². The molecule has 4 nitrogen and oxygen atoms in total. The van der Waals surface area contributed by atoms with Gasteiger partial charge in [0.25, 0.3) is 0 Å². The molecule has 1 aliphatic rings. The summed E-state index contributed by atoms with van der Waals surface area (Å²) in [6.07, 6.45) is 4.45. The number of halogens is 1. The van der Waals surface area contributed by atoms with Crippen LogP contribution >= 0.6 is 0 Å². The molecule has 1 aromatic carbocycles. The summed E-state index contributed by atoms with van der Waals surface area (Å²) in [6.45, 7) is 4.01. The van der Waals surface area contributed by atoms with Crippen LogP contribution in [0.2, 0.25) is 0 Å². The summed E-state index contributed by atoms with van der Waals surface area (Å²) < 4.78 is 19.0. The van der Waals surface area contributed by atoms with E-state index < -0.39 is 0 Å². The Morgan fingerprint density at radius 3 is 2.52 bits per heavy atom. The highest BCUT2D eigenvalue weighted by molar-refractivity contribution is 5.91. The first-order valence-electron chi connectivity index (χ1n) is 9.38. The SMILES string of the molecule is CC1CC1c1ccc(C=CC(=O)N(CCN(C)C)Cc2ccc(F)cc2)o1. The molecule has 144 valence electrons. The van der Waals surface area contributed by atoms with Crippen LogP contribution in [0.1, 0.15) is 36.3 Å². The van der Waals surface area contributed by atoms with Crippen molar-refractivity contribution in [2.45, 2.75) is 25.8 Å². The van der Waals surface area contributed by atoms with Gasteiger partial charge in [-0.3, -0.25) is 4.79 Å². The Hall–Kier alpha value is -2.40. The number of furan rings is 1. The molecule has 0 N–H and O–H groups in total. The fourth-order valence-electron chi connectivity index (χ4n) is 3.03. The highest BCUT2D eigenvalue weighted by atomic mass is 19.1. The molecule has 1 saturated carbocycles. The molecule has 0 spiro atoms. The maximum Gasteiger partial charge on any atom is 0.247 e. The Labute approximate surface area is 160 Å². The van der Waals surface area contributed by atoms with E-state index in [2.05, 4.69) is 6.92 Å². The summed E-state index contributed by atoms with van der Waals surface area (Å²) in [5.74, 6) is 2.56. The molecule has 3 rings (SSSR count). The number of hydrogen-bond acceptors (Lipinski definition) is 3. The number of rotatable bonds is 8. The van der Waals surface area contributed by atoms with E-state index >= 15 is 0 Å². The topological polar surface area (TPSA) is 36.7 Å². The zero-order valence-electron chi connectivity index (χ0n) is 16.2. The van der Waals surface area contributed by atoms with Crippen molar-refractivity contribution >= 4 is 12.0 Å². The van der Waals surface area contributed by atoms with Gasteiger partial charge in [0, 0.05) is 31.6 Å².